The standard InChI is InChI=1S/C14H23NO/c1-11(15)8-12-6-5-7-13(9-12)10-14(2,3)16-4/h5-7,9,11H,8,10,15H2,1-4H3. The van der Waals surface area contributed by atoms with Gasteiger partial charge in [0, 0.05) is 19.6 Å². The summed E-state index contributed by atoms with van der Waals surface area (Å²) in [5.41, 5.74) is 8.31. The Labute approximate surface area is 98.8 Å². The molecule has 0 saturated carbocycles. The Kier molecular flexibility index (Phi) is 4.51. The van der Waals surface area contributed by atoms with Crippen LogP contribution in [0, 0.1) is 0 Å². The number of ether oxygens (including phenoxy) is 1. The lowest BCUT2D eigenvalue weighted by Crippen LogP contribution is -2.25. The molecular formula is C14H23NO. The molecule has 0 saturated heterocycles. The maximum absolute atomic E-state index is 5.80. The zero-order valence-corrected chi connectivity index (χ0v) is 10.8. The lowest BCUT2D eigenvalue weighted by Gasteiger charge is -2.23. The smallest absolute Gasteiger partial charge is 0.0662 e. The third kappa shape index (κ3) is 4.33. The Balaban J connectivity index is 2.74. The highest BCUT2D eigenvalue weighted by Gasteiger charge is 2.16. The van der Waals surface area contributed by atoms with Crippen LogP contribution in [0.1, 0.15) is 31.9 Å². The molecule has 0 aliphatic carbocycles. The summed E-state index contributed by atoms with van der Waals surface area (Å²) in [6.45, 7) is 6.24. The Bertz CT molecular complexity index is 331. The van der Waals surface area contributed by atoms with Gasteiger partial charge in [0.1, 0.15) is 0 Å². The van der Waals surface area contributed by atoms with Crippen molar-refractivity contribution in [2.24, 2.45) is 5.73 Å². The van der Waals surface area contributed by atoms with Gasteiger partial charge in [-0.1, -0.05) is 24.3 Å². The molecule has 1 unspecified atom stereocenters. The molecule has 0 radical (unpaired) electrons. The molecule has 2 heteroatoms. The maximum Gasteiger partial charge on any atom is 0.0662 e. The van der Waals surface area contributed by atoms with Crippen LogP contribution in [0.2, 0.25) is 0 Å². The molecule has 2 N–H and O–H groups in total. The van der Waals surface area contributed by atoms with Crippen molar-refractivity contribution in [2.75, 3.05) is 7.11 Å². The molecule has 0 spiro atoms. The fourth-order valence-electron chi connectivity index (χ4n) is 1.80. The Hall–Kier alpha value is -0.860. The molecule has 1 aromatic rings. The second-order valence-corrected chi connectivity index (χ2v) is 5.14. The van der Waals surface area contributed by atoms with E-state index in [4.69, 9.17) is 10.5 Å². The van der Waals surface area contributed by atoms with Crippen molar-refractivity contribution in [1.29, 1.82) is 0 Å². The maximum atomic E-state index is 5.80. The average molecular weight is 221 g/mol. The zero-order chi connectivity index (χ0) is 12.2. The summed E-state index contributed by atoms with van der Waals surface area (Å²) in [5.74, 6) is 0. The van der Waals surface area contributed by atoms with Crippen molar-refractivity contribution in [3.63, 3.8) is 0 Å². The van der Waals surface area contributed by atoms with Gasteiger partial charge in [-0.3, -0.25) is 0 Å². The number of rotatable bonds is 5. The van der Waals surface area contributed by atoms with Gasteiger partial charge in [-0.15, -0.1) is 0 Å². The zero-order valence-electron chi connectivity index (χ0n) is 10.8. The van der Waals surface area contributed by atoms with Crippen molar-refractivity contribution in [3.05, 3.63) is 35.4 Å². The predicted molar refractivity (Wildman–Crippen MR) is 68.6 cm³/mol. The van der Waals surface area contributed by atoms with Crippen molar-refractivity contribution >= 4 is 0 Å². The molecule has 0 aromatic heterocycles. The van der Waals surface area contributed by atoms with Crippen LogP contribution in [0.4, 0.5) is 0 Å². The summed E-state index contributed by atoms with van der Waals surface area (Å²) in [6.07, 6.45) is 1.86. The van der Waals surface area contributed by atoms with E-state index in [1.54, 1.807) is 7.11 Å². The second-order valence-electron chi connectivity index (χ2n) is 5.14. The molecule has 0 bridgehead atoms. The van der Waals surface area contributed by atoms with E-state index >= 15 is 0 Å². The van der Waals surface area contributed by atoms with Crippen LogP contribution >= 0.6 is 0 Å². The Morgan fingerprint density at radius 2 is 1.94 bits per heavy atom. The van der Waals surface area contributed by atoms with Crippen LogP contribution in [0.15, 0.2) is 24.3 Å². The summed E-state index contributed by atoms with van der Waals surface area (Å²) in [6, 6.07) is 8.81. The van der Waals surface area contributed by atoms with Gasteiger partial charge >= 0.3 is 0 Å². The third-order valence-electron chi connectivity index (χ3n) is 2.73. The monoisotopic (exact) mass is 221 g/mol. The number of benzene rings is 1. The van der Waals surface area contributed by atoms with E-state index < -0.39 is 0 Å². The van der Waals surface area contributed by atoms with E-state index in [1.807, 2.05) is 6.92 Å². The minimum Gasteiger partial charge on any atom is -0.378 e. The molecule has 0 amide bonds. The summed E-state index contributed by atoms with van der Waals surface area (Å²) in [7, 11) is 1.76. The summed E-state index contributed by atoms with van der Waals surface area (Å²) >= 11 is 0. The van der Waals surface area contributed by atoms with E-state index in [1.165, 1.54) is 11.1 Å². The van der Waals surface area contributed by atoms with Gasteiger partial charge in [0.15, 0.2) is 0 Å². The van der Waals surface area contributed by atoms with Gasteiger partial charge in [0.05, 0.1) is 5.60 Å². The van der Waals surface area contributed by atoms with Gasteiger partial charge < -0.3 is 10.5 Å². The summed E-state index contributed by atoms with van der Waals surface area (Å²) in [4.78, 5) is 0. The quantitative estimate of drug-likeness (QED) is 0.829. The molecular weight excluding hydrogens is 198 g/mol. The fourth-order valence-corrected chi connectivity index (χ4v) is 1.80. The van der Waals surface area contributed by atoms with Crippen LogP contribution in [0.5, 0.6) is 0 Å². The van der Waals surface area contributed by atoms with Gasteiger partial charge in [-0.05, 0) is 38.3 Å². The van der Waals surface area contributed by atoms with Crippen LogP contribution in [0.3, 0.4) is 0 Å². The molecule has 1 aromatic carbocycles. The number of hydrogen-bond donors (Lipinski definition) is 1. The minimum absolute atomic E-state index is 0.104. The molecule has 0 heterocycles. The highest BCUT2D eigenvalue weighted by Crippen LogP contribution is 2.17. The number of methoxy groups -OCH3 is 1. The Morgan fingerprint density at radius 1 is 1.31 bits per heavy atom. The van der Waals surface area contributed by atoms with Gasteiger partial charge in [0.2, 0.25) is 0 Å². The lowest BCUT2D eigenvalue weighted by molar-refractivity contribution is 0.0232. The Morgan fingerprint density at radius 3 is 2.50 bits per heavy atom. The van der Waals surface area contributed by atoms with E-state index in [-0.39, 0.29) is 11.6 Å². The van der Waals surface area contributed by atoms with E-state index in [9.17, 15) is 0 Å². The summed E-state index contributed by atoms with van der Waals surface area (Å²) in [5, 5.41) is 0. The van der Waals surface area contributed by atoms with Gasteiger partial charge in [-0.25, -0.2) is 0 Å². The SMILES string of the molecule is COC(C)(C)Cc1cccc(CC(C)N)c1. The van der Waals surface area contributed by atoms with Crippen molar-refractivity contribution < 1.29 is 4.74 Å². The molecule has 0 fully saturated rings. The molecule has 90 valence electrons. The number of hydrogen-bond acceptors (Lipinski definition) is 2. The summed E-state index contributed by atoms with van der Waals surface area (Å²) < 4.78 is 5.44. The van der Waals surface area contributed by atoms with Crippen LogP contribution in [0.25, 0.3) is 0 Å². The molecule has 0 aliphatic heterocycles. The number of nitrogens with two attached hydrogens (primary N) is 1. The first kappa shape index (κ1) is 13.2. The van der Waals surface area contributed by atoms with Gasteiger partial charge in [0.25, 0.3) is 0 Å². The van der Waals surface area contributed by atoms with Gasteiger partial charge in [-0.2, -0.15) is 0 Å². The van der Waals surface area contributed by atoms with Crippen molar-refractivity contribution in [3.8, 4) is 0 Å². The van der Waals surface area contributed by atoms with Crippen molar-refractivity contribution in [2.45, 2.75) is 45.3 Å². The van der Waals surface area contributed by atoms with E-state index in [2.05, 4.69) is 38.1 Å². The average Bonchev–Trinajstić information content (AvgIpc) is 2.16. The minimum atomic E-state index is -0.104. The molecule has 1 rings (SSSR count). The topological polar surface area (TPSA) is 35.2 Å². The second kappa shape index (κ2) is 5.46. The molecule has 2 nitrogen and oxygen atoms in total. The molecule has 1 atom stereocenters. The first-order chi connectivity index (χ1) is 7.43. The third-order valence-corrected chi connectivity index (χ3v) is 2.73. The fraction of sp³-hybridized carbons (Fsp3) is 0.571. The first-order valence-corrected chi connectivity index (χ1v) is 5.81. The predicted octanol–water partition coefficient (Wildman–Crippen LogP) is 2.54. The van der Waals surface area contributed by atoms with E-state index in [0.717, 1.165) is 12.8 Å². The van der Waals surface area contributed by atoms with Crippen LogP contribution in [-0.4, -0.2) is 18.8 Å². The largest absolute Gasteiger partial charge is 0.378 e. The lowest BCUT2D eigenvalue weighted by atomic mass is 9.96. The van der Waals surface area contributed by atoms with Crippen LogP contribution in [-0.2, 0) is 17.6 Å². The first-order valence-electron chi connectivity index (χ1n) is 5.81. The highest BCUT2D eigenvalue weighted by atomic mass is 16.5. The van der Waals surface area contributed by atoms with E-state index in [0.29, 0.717) is 0 Å². The van der Waals surface area contributed by atoms with Crippen molar-refractivity contribution in [1.82, 2.24) is 0 Å². The normalized spacial score (nSPS) is 13.8. The highest BCUT2D eigenvalue weighted by molar-refractivity contribution is 5.25. The van der Waals surface area contributed by atoms with Crippen LogP contribution < -0.4 is 5.73 Å². The molecule has 16 heavy (non-hydrogen) atoms. The molecule has 0 aliphatic rings.